The molecule has 2 heterocycles. The van der Waals surface area contributed by atoms with E-state index in [2.05, 4.69) is 10.3 Å². The number of fused-ring (bicyclic) bond motifs is 1. The normalized spacial score (nSPS) is 15.5. The number of carbonyl (C=O) groups excluding carboxylic acids is 1. The van der Waals surface area contributed by atoms with E-state index in [1.165, 1.54) is 0 Å². The van der Waals surface area contributed by atoms with Gasteiger partial charge in [0.05, 0.1) is 17.9 Å². The van der Waals surface area contributed by atoms with E-state index in [1.54, 1.807) is 23.2 Å². The van der Waals surface area contributed by atoms with Crippen LogP contribution in [0.2, 0.25) is 5.02 Å². The van der Waals surface area contributed by atoms with Crippen molar-refractivity contribution in [2.75, 3.05) is 16.8 Å². The molecule has 142 valence electrons. The Morgan fingerprint density at radius 2 is 1.96 bits per heavy atom. The van der Waals surface area contributed by atoms with E-state index in [0.717, 1.165) is 22.7 Å². The van der Waals surface area contributed by atoms with Crippen LogP contribution in [0.4, 0.5) is 11.4 Å². The first-order valence-electron chi connectivity index (χ1n) is 9.12. The number of hydrogen-bond donors (Lipinski definition) is 1. The fraction of sp³-hybridized carbons (Fsp3) is 0.182. The van der Waals surface area contributed by atoms with Gasteiger partial charge in [0, 0.05) is 22.6 Å². The molecule has 1 aliphatic heterocycles. The van der Waals surface area contributed by atoms with Crippen molar-refractivity contribution < 1.29 is 9.53 Å². The molecule has 0 fully saturated rings. The third-order valence-corrected chi connectivity index (χ3v) is 4.96. The summed E-state index contributed by atoms with van der Waals surface area (Å²) in [7, 11) is 0. The topological polar surface area (TPSA) is 54.5 Å². The van der Waals surface area contributed by atoms with Gasteiger partial charge >= 0.3 is 0 Å². The maximum absolute atomic E-state index is 13.1. The van der Waals surface area contributed by atoms with Gasteiger partial charge in [-0.25, -0.2) is 0 Å². The van der Waals surface area contributed by atoms with Crippen LogP contribution in [0.15, 0.2) is 60.8 Å². The summed E-state index contributed by atoms with van der Waals surface area (Å²) in [6.07, 6.45) is 1.27. The molecule has 1 N–H and O–H groups in total. The quantitative estimate of drug-likeness (QED) is 0.646. The van der Waals surface area contributed by atoms with E-state index in [0.29, 0.717) is 22.9 Å². The number of hydrogen-bond acceptors (Lipinski definition) is 4. The van der Waals surface area contributed by atoms with Gasteiger partial charge in [-0.1, -0.05) is 17.7 Å². The minimum atomic E-state index is -0.432. The number of benzene rings is 2. The Labute approximate surface area is 168 Å². The van der Waals surface area contributed by atoms with Crippen molar-refractivity contribution in [2.24, 2.45) is 0 Å². The molecule has 0 radical (unpaired) electrons. The predicted octanol–water partition coefficient (Wildman–Crippen LogP) is 5.21. The van der Waals surface area contributed by atoms with Crippen molar-refractivity contribution in [3.8, 4) is 5.75 Å². The standard InChI is InChI=1S/C22H20ClN3O2/c1-3-28-17-10-8-16(9-11-17)26-21(20-18(22(26)27)5-4-12-24-20)25-19-13-15(23)7-6-14(19)2/h4-13,21,25H,3H2,1-2H3/t21-/m1/s1. The van der Waals surface area contributed by atoms with Gasteiger partial charge in [-0.2, -0.15) is 0 Å². The number of carbonyl (C=O) groups is 1. The Morgan fingerprint density at radius 1 is 1.18 bits per heavy atom. The summed E-state index contributed by atoms with van der Waals surface area (Å²) >= 11 is 6.18. The second kappa shape index (κ2) is 7.52. The Bertz CT molecular complexity index is 1020. The van der Waals surface area contributed by atoms with Crippen LogP contribution in [0.5, 0.6) is 5.75 Å². The number of halogens is 1. The highest BCUT2D eigenvalue weighted by atomic mass is 35.5. The van der Waals surface area contributed by atoms with E-state index < -0.39 is 6.17 Å². The first kappa shape index (κ1) is 18.3. The van der Waals surface area contributed by atoms with Gasteiger partial charge in [0.25, 0.3) is 5.91 Å². The van der Waals surface area contributed by atoms with E-state index in [-0.39, 0.29) is 5.91 Å². The lowest BCUT2D eigenvalue weighted by Crippen LogP contribution is -2.32. The number of amides is 1. The Hall–Kier alpha value is -3.05. The van der Waals surface area contributed by atoms with E-state index >= 15 is 0 Å². The number of pyridine rings is 1. The Morgan fingerprint density at radius 3 is 2.71 bits per heavy atom. The third-order valence-electron chi connectivity index (χ3n) is 4.72. The molecule has 6 heteroatoms. The van der Waals surface area contributed by atoms with Gasteiger partial charge in [-0.15, -0.1) is 0 Å². The SMILES string of the molecule is CCOc1ccc(N2C(=O)c3cccnc3[C@@H]2Nc2cc(Cl)ccc2C)cc1. The van der Waals surface area contributed by atoms with Crippen LogP contribution in [0.3, 0.4) is 0 Å². The van der Waals surface area contributed by atoms with Crippen LogP contribution in [0.1, 0.15) is 34.7 Å². The van der Waals surface area contributed by atoms with Crippen LogP contribution in [0, 0.1) is 6.92 Å². The number of aromatic nitrogens is 1. The van der Waals surface area contributed by atoms with Crippen molar-refractivity contribution >= 4 is 28.9 Å². The molecule has 0 spiro atoms. The maximum atomic E-state index is 13.1. The highest BCUT2D eigenvalue weighted by Crippen LogP contribution is 2.38. The number of ether oxygens (including phenoxy) is 1. The smallest absolute Gasteiger partial charge is 0.262 e. The minimum Gasteiger partial charge on any atom is -0.494 e. The monoisotopic (exact) mass is 393 g/mol. The summed E-state index contributed by atoms with van der Waals surface area (Å²) in [4.78, 5) is 19.3. The average Bonchev–Trinajstić information content (AvgIpc) is 2.98. The van der Waals surface area contributed by atoms with Crippen LogP contribution in [0.25, 0.3) is 0 Å². The van der Waals surface area contributed by atoms with Crippen molar-refractivity contribution in [1.29, 1.82) is 0 Å². The van der Waals surface area contributed by atoms with Gasteiger partial charge in [-0.05, 0) is 67.9 Å². The lowest BCUT2D eigenvalue weighted by Gasteiger charge is -2.27. The fourth-order valence-electron chi connectivity index (χ4n) is 3.35. The molecule has 5 nitrogen and oxygen atoms in total. The number of nitrogens with zero attached hydrogens (tertiary/aromatic N) is 2. The van der Waals surface area contributed by atoms with Crippen molar-refractivity contribution in [3.05, 3.63) is 82.6 Å². The fourth-order valence-corrected chi connectivity index (χ4v) is 3.52. The number of nitrogens with one attached hydrogen (secondary N) is 1. The number of rotatable bonds is 5. The van der Waals surface area contributed by atoms with Crippen molar-refractivity contribution in [3.63, 3.8) is 0 Å². The van der Waals surface area contributed by atoms with Crippen LogP contribution in [-0.4, -0.2) is 17.5 Å². The third kappa shape index (κ3) is 3.29. The largest absolute Gasteiger partial charge is 0.494 e. The molecule has 1 aliphatic rings. The first-order chi connectivity index (χ1) is 13.6. The van der Waals surface area contributed by atoms with Crippen molar-refractivity contribution in [1.82, 2.24) is 4.98 Å². The lowest BCUT2D eigenvalue weighted by molar-refractivity contribution is 0.0993. The molecular formula is C22H20ClN3O2. The van der Waals surface area contributed by atoms with Crippen LogP contribution in [-0.2, 0) is 0 Å². The van der Waals surface area contributed by atoms with E-state index in [1.807, 2.05) is 56.3 Å². The van der Waals surface area contributed by atoms with Gasteiger partial charge < -0.3 is 10.1 Å². The summed E-state index contributed by atoms with van der Waals surface area (Å²) in [6, 6.07) is 16.7. The lowest BCUT2D eigenvalue weighted by atomic mass is 10.1. The molecule has 0 unspecified atom stereocenters. The molecule has 0 aliphatic carbocycles. The molecular weight excluding hydrogens is 374 g/mol. The molecule has 3 aromatic rings. The summed E-state index contributed by atoms with van der Waals surface area (Å²) in [5.74, 6) is 0.674. The Kier molecular flexibility index (Phi) is 4.92. The molecule has 1 atom stereocenters. The second-order valence-electron chi connectivity index (χ2n) is 6.54. The average molecular weight is 394 g/mol. The summed E-state index contributed by atoms with van der Waals surface area (Å²) in [5, 5.41) is 4.08. The van der Waals surface area contributed by atoms with Gasteiger partial charge in [0.2, 0.25) is 0 Å². The molecule has 28 heavy (non-hydrogen) atoms. The van der Waals surface area contributed by atoms with E-state index in [4.69, 9.17) is 16.3 Å². The number of anilines is 2. The van der Waals surface area contributed by atoms with Gasteiger partial charge in [0.1, 0.15) is 5.75 Å². The van der Waals surface area contributed by atoms with Gasteiger partial charge in [-0.3, -0.25) is 14.7 Å². The maximum Gasteiger partial charge on any atom is 0.262 e. The highest BCUT2D eigenvalue weighted by molar-refractivity contribution is 6.30. The zero-order chi connectivity index (χ0) is 19.7. The zero-order valence-electron chi connectivity index (χ0n) is 15.6. The zero-order valence-corrected chi connectivity index (χ0v) is 16.4. The van der Waals surface area contributed by atoms with Crippen LogP contribution >= 0.6 is 11.6 Å². The van der Waals surface area contributed by atoms with Crippen LogP contribution < -0.4 is 15.0 Å². The van der Waals surface area contributed by atoms with E-state index in [9.17, 15) is 4.79 Å². The molecule has 0 saturated carbocycles. The molecule has 0 saturated heterocycles. The second-order valence-corrected chi connectivity index (χ2v) is 6.98. The Balaban J connectivity index is 1.75. The summed E-state index contributed by atoms with van der Waals surface area (Å²) in [6.45, 7) is 4.53. The summed E-state index contributed by atoms with van der Waals surface area (Å²) in [5.41, 5.74) is 3.95. The molecule has 1 amide bonds. The predicted molar refractivity (Wildman–Crippen MR) is 111 cm³/mol. The summed E-state index contributed by atoms with van der Waals surface area (Å²) < 4.78 is 5.52. The molecule has 4 rings (SSSR count). The number of aryl methyl sites for hydroxylation is 1. The molecule has 0 bridgehead atoms. The molecule has 2 aromatic carbocycles. The van der Waals surface area contributed by atoms with Gasteiger partial charge in [0.15, 0.2) is 6.17 Å². The van der Waals surface area contributed by atoms with Crippen molar-refractivity contribution in [2.45, 2.75) is 20.0 Å². The highest BCUT2D eigenvalue weighted by Gasteiger charge is 2.39. The molecule has 1 aromatic heterocycles. The first-order valence-corrected chi connectivity index (χ1v) is 9.50. The minimum absolute atomic E-state index is 0.0931.